The number of fused-ring (bicyclic) bond motifs is 2. The zero-order valence-electron chi connectivity index (χ0n) is 15.3. The van der Waals surface area contributed by atoms with Gasteiger partial charge in [-0.2, -0.15) is 0 Å². The minimum atomic E-state index is -0.0799. The van der Waals surface area contributed by atoms with Gasteiger partial charge >= 0.3 is 6.03 Å². The summed E-state index contributed by atoms with van der Waals surface area (Å²) in [4.78, 5) is 14.1. The summed E-state index contributed by atoms with van der Waals surface area (Å²) in [5.41, 5.74) is 2.25. The Morgan fingerprint density at radius 2 is 1.85 bits per heavy atom. The molecule has 0 aliphatic carbocycles. The van der Waals surface area contributed by atoms with Crippen molar-refractivity contribution in [1.82, 2.24) is 10.2 Å². The van der Waals surface area contributed by atoms with Crippen molar-refractivity contribution in [3.63, 3.8) is 0 Å². The number of ether oxygens (including phenoxy) is 2. The number of urea groups is 1. The molecular formula is C22H22N2O3. The van der Waals surface area contributed by atoms with Crippen LogP contribution in [0.2, 0.25) is 0 Å². The monoisotopic (exact) mass is 362 g/mol. The van der Waals surface area contributed by atoms with Crippen molar-refractivity contribution >= 4 is 16.8 Å². The molecule has 138 valence electrons. The Kier molecular flexibility index (Phi) is 4.83. The first-order chi connectivity index (χ1) is 13.2. The normalized spacial score (nSPS) is 12.2. The number of nitrogens with zero attached hydrogens (tertiary/aromatic N) is 1. The third-order valence-corrected chi connectivity index (χ3v) is 4.76. The lowest BCUT2D eigenvalue weighted by Gasteiger charge is -2.19. The van der Waals surface area contributed by atoms with Crippen LogP contribution in [0, 0.1) is 0 Å². The predicted octanol–water partition coefficient (Wildman–Crippen LogP) is 3.95. The van der Waals surface area contributed by atoms with Crippen LogP contribution in [-0.4, -0.2) is 31.3 Å². The largest absolute Gasteiger partial charge is 0.454 e. The van der Waals surface area contributed by atoms with Crippen molar-refractivity contribution in [2.45, 2.75) is 13.0 Å². The molecule has 0 saturated carbocycles. The van der Waals surface area contributed by atoms with E-state index in [9.17, 15) is 4.79 Å². The molecule has 4 rings (SSSR count). The highest BCUT2D eigenvalue weighted by molar-refractivity contribution is 5.86. The molecule has 1 N–H and O–H groups in total. The third-order valence-electron chi connectivity index (χ3n) is 4.76. The van der Waals surface area contributed by atoms with Crippen molar-refractivity contribution in [3.8, 4) is 11.5 Å². The molecule has 0 aromatic heterocycles. The van der Waals surface area contributed by atoms with Crippen LogP contribution < -0.4 is 14.8 Å². The summed E-state index contributed by atoms with van der Waals surface area (Å²) >= 11 is 0. The number of amides is 2. The lowest BCUT2D eigenvalue weighted by molar-refractivity contribution is 0.174. The van der Waals surface area contributed by atoms with Crippen LogP contribution in [-0.2, 0) is 13.0 Å². The van der Waals surface area contributed by atoms with Gasteiger partial charge in [0.25, 0.3) is 0 Å². The molecule has 0 radical (unpaired) electrons. The van der Waals surface area contributed by atoms with Crippen LogP contribution in [0.25, 0.3) is 10.8 Å². The van der Waals surface area contributed by atoms with Gasteiger partial charge in [-0.25, -0.2) is 4.79 Å². The Labute approximate surface area is 158 Å². The molecule has 0 unspecified atom stereocenters. The van der Waals surface area contributed by atoms with Crippen LogP contribution in [0.15, 0.2) is 60.7 Å². The van der Waals surface area contributed by atoms with Crippen LogP contribution in [0.5, 0.6) is 11.5 Å². The van der Waals surface area contributed by atoms with E-state index in [1.165, 1.54) is 10.8 Å². The predicted molar refractivity (Wildman–Crippen MR) is 105 cm³/mol. The van der Waals surface area contributed by atoms with Crippen LogP contribution in [0.3, 0.4) is 0 Å². The van der Waals surface area contributed by atoms with E-state index in [4.69, 9.17) is 9.47 Å². The summed E-state index contributed by atoms with van der Waals surface area (Å²) in [6.45, 7) is 1.41. The fraction of sp³-hybridized carbons (Fsp3) is 0.227. The summed E-state index contributed by atoms with van der Waals surface area (Å²) < 4.78 is 10.7. The van der Waals surface area contributed by atoms with Gasteiger partial charge in [-0.15, -0.1) is 0 Å². The highest BCUT2D eigenvalue weighted by Crippen LogP contribution is 2.32. The maximum absolute atomic E-state index is 12.4. The summed E-state index contributed by atoms with van der Waals surface area (Å²) in [6, 6.07) is 20.2. The Morgan fingerprint density at radius 3 is 2.78 bits per heavy atom. The molecule has 2 amide bonds. The minimum absolute atomic E-state index is 0.0799. The average molecular weight is 362 g/mol. The van der Waals surface area contributed by atoms with E-state index in [-0.39, 0.29) is 12.8 Å². The number of nitrogens with one attached hydrogen (secondary N) is 1. The maximum Gasteiger partial charge on any atom is 0.317 e. The van der Waals surface area contributed by atoms with E-state index >= 15 is 0 Å². The second-order valence-electron chi connectivity index (χ2n) is 6.66. The van der Waals surface area contributed by atoms with E-state index < -0.39 is 0 Å². The Balaban J connectivity index is 1.33. The SMILES string of the molecule is CN(Cc1cccc2ccccc12)C(=O)NCCc1ccc2c(c1)OCO2. The number of rotatable bonds is 5. The van der Waals surface area contributed by atoms with Gasteiger partial charge in [0.2, 0.25) is 6.79 Å². The number of benzene rings is 3. The zero-order chi connectivity index (χ0) is 18.6. The molecule has 1 aliphatic rings. The zero-order valence-corrected chi connectivity index (χ0v) is 15.3. The average Bonchev–Trinajstić information content (AvgIpc) is 3.16. The summed E-state index contributed by atoms with van der Waals surface area (Å²) in [7, 11) is 1.82. The highest BCUT2D eigenvalue weighted by atomic mass is 16.7. The lowest BCUT2D eigenvalue weighted by atomic mass is 10.0. The van der Waals surface area contributed by atoms with E-state index in [0.717, 1.165) is 29.0 Å². The topological polar surface area (TPSA) is 50.8 Å². The Bertz CT molecular complexity index is 965. The molecular weight excluding hydrogens is 340 g/mol. The number of hydrogen-bond acceptors (Lipinski definition) is 3. The van der Waals surface area contributed by atoms with Crippen molar-refractivity contribution in [2.24, 2.45) is 0 Å². The Morgan fingerprint density at radius 1 is 1.04 bits per heavy atom. The van der Waals surface area contributed by atoms with Crippen molar-refractivity contribution in [1.29, 1.82) is 0 Å². The molecule has 0 spiro atoms. The first-order valence-electron chi connectivity index (χ1n) is 9.05. The van der Waals surface area contributed by atoms with Crippen molar-refractivity contribution in [3.05, 3.63) is 71.8 Å². The van der Waals surface area contributed by atoms with Gasteiger partial charge in [-0.3, -0.25) is 0 Å². The third kappa shape index (κ3) is 3.82. The fourth-order valence-corrected chi connectivity index (χ4v) is 3.30. The van der Waals surface area contributed by atoms with Crippen LogP contribution in [0.1, 0.15) is 11.1 Å². The van der Waals surface area contributed by atoms with Gasteiger partial charge in [-0.1, -0.05) is 48.5 Å². The second kappa shape index (κ2) is 7.58. The van der Waals surface area contributed by atoms with E-state index in [1.54, 1.807) is 4.90 Å². The molecule has 5 nitrogen and oxygen atoms in total. The van der Waals surface area contributed by atoms with Crippen molar-refractivity contribution < 1.29 is 14.3 Å². The number of hydrogen-bond donors (Lipinski definition) is 1. The van der Waals surface area contributed by atoms with E-state index in [0.29, 0.717) is 13.1 Å². The van der Waals surface area contributed by atoms with Crippen molar-refractivity contribution in [2.75, 3.05) is 20.4 Å². The molecule has 27 heavy (non-hydrogen) atoms. The van der Waals surface area contributed by atoms with E-state index in [2.05, 4.69) is 29.6 Å². The lowest BCUT2D eigenvalue weighted by Crippen LogP contribution is -2.37. The first-order valence-corrected chi connectivity index (χ1v) is 9.05. The van der Waals surface area contributed by atoms with Gasteiger partial charge in [-0.05, 0) is 40.5 Å². The molecule has 1 aliphatic heterocycles. The first kappa shape index (κ1) is 17.2. The molecule has 1 heterocycles. The van der Waals surface area contributed by atoms with E-state index in [1.807, 2.05) is 43.4 Å². The molecule has 0 bridgehead atoms. The summed E-state index contributed by atoms with van der Waals surface area (Å²) in [5, 5.41) is 5.35. The summed E-state index contributed by atoms with van der Waals surface area (Å²) in [5.74, 6) is 1.55. The minimum Gasteiger partial charge on any atom is -0.454 e. The fourth-order valence-electron chi connectivity index (χ4n) is 3.30. The molecule has 5 heteroatoms. The van der Waals surface area contributed by atoms with Gasteiger partial charge in [0, 0.05) is 20.1 Å². The molecule has 0 fully saturated rings. The highest BCUT2D eigenvalue weighted by Gasteiger charge is 2.14. The molecule has 3 aromatic carbocycles. The standard InChI is InChI=1S/C22H22N2O3/c1-24(14-18-7-4-6-17-5-2-3-8-19(17)18)22(25)23-12-11-16-9-10-20-21(13-16)27-15-26-20/h2-10,13H,11-12,14-15H2,1H3,(H,23,25). The van der Waals surface area contributed by atoms with Gasteiger partial charge in [0.15, 0.2) is 11.5 Å². The number of carbonyl (C=O) groups is 1. The molecule has 0 saturated heterocycles. The molecule has 0 atom stereocenters. The smallest absolute Gasteiger partial charge is 0.317 e. The van der Waals surface area contributed by atoms with Gasteiger partial charge in [0.1, 0.15) is 0 Å². The van der Waals surface area contributed by atoms with Gasteiger partial charge < -0.3 is 19.7 Å². The molecule has 3 aromatic rings. The second-order valence-corrected chi connectivity index (χ2v) is 6.66. The van der Waals surface area contributed by atoms with Crippen LogP contribution >= 0.6 is 0 Å². The van der Waals surface area contributed by atoms with Crippen LogP contribution in [0.4, 0.5) is 4.79 Å². The van der Waals surface area contributed by atoms with Gasteiger partial charge in [0.05, 0.1) is 0 Å². The quantitative estimate of drug-likeness (QED) is 0.748. The maximum atomic E-state index is 12.4. The summed E-state index contributed by atoms with van der Waals surface area (Å²) in [6.07, 6.45) is 0.741. The Hall–Kier alpha value is -3.21. The number of carbonyl (C=O) groups excluding carboxylic acids is 1.